The highest BCUT2D eigenvalue weighted by molar-refractivity contribution is 6.33. The van der Waals surface area contributed by atoms with Crippen LogP contribution in [0.5, 0.6) is 0 Å². The van der Waals surface area contributed by atoms with Crippen LogP contribution in [0.4, 0.5) is 18.9 Å². The van der Waals surface area contributed by atoms with Crippen molar-refractivity contribution < 1.29 is 13.2 Å². The van der Waals surface area contributed by atoms with Gasteiger partial charge in [0.25, 0.3) is 0 Å². The number of hydrogen-bond acceptors (Lipinski definition) is 2. The largest absolute Gasteiger partial charge is 0.418 e. The molecule has 6 heteroatoms. The standard InChI is InChI=1S/C10H12ClF3N2/c1-6(5-15)16-9-7(10(12,13)14)3-2-4-8(9)11/h2-4,6,16H,5,15H2,1H3. The quantitative estimate of drug-likeness (QED) is 0.867. The molecule has 1 aromatic carbocycles. The zero-order valence-corrected chi connectivity index (χ0v) is 9.36. The van der Waals surface area contributed by atoms with Gasteiger partial charge in [0.05, 0.1) is 16.3 Å². The van der Waals surface area contributed by atoms with E-state index < -0.39 is 11.7 Å². The fraction of sp³-hybridized carbons (Fsp3) is 0.400. The van der Waals surface area contributed by atoms with Gasteiger partial charge in [-0.3, -0.25) is 0 Å². The summed E-state index contributed by atoms with van der Waals surface area (Å²) in [5, 5.41) is 2.70. The Morgan fingerprint density at radius 1 is 1.44 bits per heavy atom. The van der Waals surface area contributed by atoms with Gasteiger partial charge in [-0.25, -0.2) is 0 Å². The summed E-state index contributed by atoms with van der Waals surface area (Å²) < 4.78 is 38.0. The van der Waals surface area contributed by atoms with E-state index in [1.807, 2.05) is 0 Å². The van der Waals surface area contributed by atoms with Gasteiger partial charge in [0.15, 0.2) is 0 Å². The molecule has 3 N–H and O–H groups in total. The minimum Gasteiger partial charge on any atom is -0.380 e. The number of para-hydroxylation sites is 1. The molecule has 0 heterocycles. The normalized spacial score (nSPS) is 13.6. The number of hydrogen-bond donors (Lipinski definition) is 2. The Labute approximate surface area is 96.6 Å². The van der Waals surface area contributed by atoms with E-state index in [1.165, 1.54) is 12.1 Å². The molecule has 0 radical (unpaired) electrons. The predicted molar refractivity (Wildman–Crippen MR) is 58.6 cm³/mol. The molecule has 1 aromatic rings. The van der Waals surface area contributed by atoms with Crippen LogP contribution < -0.4 is 11.1 Å². The fourth-order valence-corrected chi connectivity index (χ4v) is 1.44. The van der Waals surface area contributed by atoms with Gasteiger partial charge < -0.3 is 11.1 Å². The Balaban J connectivity index is 3.14. The number of alkyl halides is 3. The number of rotatable bonds is 3. The lowest BCUT2D eigenvalue weighted by molar-refractivity contribution is -0.137. The highest BCUT2D eigenvalue weighted by Gasteiger charge is 2.34. The second-order valence-electron chi connectivity index (χ2n) is 3.44. The first-order chi connectivity index (χ1) is 7.36. The van der Waals surface area contributed by atoms with Crippen molar-refractivity contribution >= 4 is 17.3 Å². The molecule has 0 spiro atoms. The van der Waals surface area contributed by atoms with Crippen molar-refractivity contribution in [1.29, 1.82) is 0 Å². The summed E-state index contributed by atoms with van der Waals surface area (Å²) in [4.78, 5) is 0. The minimum absolute atomic E-state index is 0.0372. The van der Waals surface area contributed by atoms with Gasteiger partial charge in [-0.2, -0.15) is 13.2 Å². The molecule has 0 aromatic heterocycles. The van der Waals surface area contributed by atoms with Crippen molar-refractivity contribution in [2.75, 3.05) is 11.9 Å². The SMILES string of the molecule is CC(CN)Nc1c(Cl)cccc1C(F)(F)F. The Hall–Kier alpha value is -0.940. The van der Waals surface area contributed by atoms with Crippen LogP contribution in [-0.2, 0) is 6.18 Å². The summed E-state index contributed by atoms with van der Waals surface area (Å²) in [6.45, 7) is 1.91. The lowest BCUT2D eigenvalue weighted by atomic mass is 10.1. The average Bonchev–Trinajstić information content (AvgIpc) is 2.19. The summed E-state index contributed by atoms with van der Waals surface area (Å²) in [6, 6.07) is 3.38. The monoisotopic (exact) mass is 252 g/mol. The highest BCUT2D eigenvalue weighted by atomic mass is 35.5. The van der Waals surface area contributed by atoms with E-state index in [4.69, 9.17) is 17.3 Å². The van der Waals surface area contributed by atoms with Crippen molar-refractivity contribution in [3.8, 4) is 0 Å². The molecule has 1 rings (SSSR count). The van der Waals surface area contributed by atoms with E-state index in [0.717, 1.165) is 6.07 Å². The molecular formula is C10H12ClF3N2. The highest BCUT2D eigenvalue weighted by Crippen LogP contribution is 2.38. The molecule has 0 aliphatic heterocycles. The van der Waals surface area contributed by atoms with Crippen LogP contribution in [0.25, 0.3) is 0 Å². The van der Waals surface area contributed by atoms with Gasteiger partial charge in [-0.05, 0) is 19.1 Å². The first-order valence-electron chi connectivity index (χ1n) is 4.68. The summed E-state index contributed by atoms with van der Waals surface area (Å²) in [5.74, 6) is 0. The molecule has 0 fully saturated rings. The molecule has 0 aliphatic rings. The van der Waals surface area contributed by atoms with Crippen molar-refractivity contribution in [1.82, 2.24) is 0 Å². The zero-order valence-electron chi connectivity index (χ0n) is 8.61. The lowest BCUT2D eigenvalue weighted by Gasteiger charge is -2.19. The maximum absolute atomic E-state index is 12.7. The van der Waals surface area contributed by atoms with Crippen LogP contribution in [0.3, 0.4) is 0 Å². The molecule has 16 heavy (non-hydrogen) atoms. The third-order valence-electron chi connectivity index (χ3n) is 2.06. The molecular weight excluding hydrogens is 241 g/mol. The van der Waals surface area contributed by atoms with Crippen LogP contribution in [0, 0.1) is 0 Å². The second kappa shape index (κ2) is 4.93. The van der Waals surface area contributed by atoms with Gasteiger partial charge in [0, 0.05) is 12.6 Å². The lowest BCUT2D eigenvalue weighted by Crippen LogP contribution is -2.26. The van der Waals surface area contributed by atoms with Crippen molar-refractivity contribution in [2.24, 2.45) is 5.73 Å². The van der Waals surface area contributed by atoms with Gasteiger partial charge >= 0.3 is 6.18 Å². The molecule has 2 nitrogen and oxygen atoms in total. The van der Waals surface area contributed by atoms with Crippen LogP contribution in [0.2, 0.25) is 5.02 Å². The third-order valence-corrected chi connectivity index (χ3v) is 2.38. The van der Waals surface area contributed by atoms with E-state index in [9.17, 15) is 13.2 Å². The van der Waals surface area contributed by atoms with Gasteiger partial charge in [0.1, 0.15) is 0 Å². The van der Waals surface area contributed by atoms with E-state index in [1.54, 1.807) is 6.92 Å². The van der Waals surface area contributed by atoms with Crippen molar-refractivity contribution in [2.45, 2.75) is 19.1 Å². The zero-order chi connectivity index (χ0) is 12.3. The number of nitrogens with two attached hydrogens (primary N) is 1. The van der Waals surface area contributed by atoms with E-state index in [-0.39, 0.29) is 23.3 Å². The van der Waals surface area contributed by atoms with Gasteiger partial charge in [-0.1, -0.05) is 17.7 Å². The number of anilines is 1. The Kier molecular flexibility index (Phi) is 4.04. The number of benzene rings is 1. The van der Waals surface area contributed by atoms with Gasteiger partial charge in [0.2, 0.25) is 0 Å². The molecule has 0 amide bonds. The van der Waals surface area contributed by atoms with Crippen molar-refractivity contribution in [3.05, 3.63) is 28.8 Å². The molecule has 90 valence electrons. The molecule has 1 unspecified atom stereocenters. The molecule has 0 saturated heterocycles. The maximum Gasteiger partial charge on any atom is 0.418 e. The Morgan fingerprint density at radius 2 is 2.06 bits per heavy atom. The summed E-state index contributed by atoms with van der Waals surface area (Å²) in [6.07, 6.45) is -4.43. The predicted octanol–water partition coefficient (Wildman–Crippen LogP) is 3.12. The molecule has 1 atom stereocenters. The molecule has 0 bridgehead atoms. The number of nitrogens with one attached hydrogen (secondary N) is 1. The first-order valence-corrected chi connectivity index (χ1v) is 5.06. The Morgan fingerprint density at radius 3 is 2.56 bits per heavy atom. The first kappa shape index (κ1) is 13.1. The minimum atomic E-state index is -4.43. The van der Waals surface area contributed by atoms with E-state index in [0.29, 0.717) is 0 Å². The fourth-order valence-electron chi connectivity index (χ4n) is 1.21. The van der Waals surface area contributed by atoms with Crippen LogP contribution >= 0.6 is 11.6 Å². The van der Waals surface area contributed by atoms with Crippen LogP contribution in [-0.4, -0.2) is 12.6 Å². The topological polar surface area (TPSA) is 38.0 Å². The third kappa shape index (κ3) is 3.02. The smallest absolute Gasteiger partial charge is 0.380 e. The second-order valence-corrected chi connectivity index (χ2v) is 3.85. The van der Waals surface area contributed by atoms with Crippen molar-refractivity contribution in [3.63, 3.8) is 0 Å². The van der Waals surface area contributed by atoms with Crippen LogP contribution in [0.1, 0.15) is 12.5 Å². The van der Waals surface area contributed by atoms with Gasteiger partial charge in [-0.15, -0.1) is 0 Å². The average molecular weight is 253 g/mol. The number of halogens is 4. The maximum atomic E-state index is 12.7. The summed E-state index contributed by atoms with van der Waals surface area (Å²) in [7, 11) is 0. The summed E-state index contributed by atoms with van der Waals surface area (Å²) in [5.41, 5.74) is 4.45. The van der Waals surface area contributed by atoms with Crippen LogP contribution in [0.15, 0.2) is 18.2 Å². The molecule has 0 aliphatic carbocycles. The molecule has 0 saturated carbocycles. The van der Waals surface area contributed by atoms with E-state index in [2.05, 4.69) is 5.32 Å². The summed E-state index contributed by atoms with van der Waals surface area (Å²) >= 11 is 5.73. The van der Waals surface area contributed by atoms with E-state index >= 15 is 0 Å². The Bertz CT molecular complexity index is 366.